The van der Waals surface area contributed by atoms with Gasteiger partial charge in [0.05, 0.1) is 11.8 Å². The highest BCUT2D eigenvalue weighted by Crippen LogP contribution is 2.18. The van der Waals surface area contributed by atoms with E-state index < -0.39 is 17.8 Å². The number of hydrogen-bond acceptors (Lipinski definition) is 5. The van der Waals surface area contributed by atoms with Crippen LogP contribution < -0.4 is 15.5 Å². The molecule has 162 valence electrons. The van der Waals surface area contributed by atoms with Crippen LogP contribution in [0.4, 0.5) is 5.69 Å². The van der Waals surface area contributed by atoms with E-state index in [4.69, 9.17) is 4.74 Å². The molecule has 0 unspecified atom stereocenters. The zero-order chi connectivity index (χ0) is 23.1. The molecule has 0 fully saturated rings. The van der Waals surface area contributed by atoms with Crippen molar-refractivity contribution in [2.45, 2.75) is 20.8 Å². The van der Waals surface area contributed by atoms with Crippen LogP contribution in [0.25, 0.3) is 0 Å². The molecular formula is C25H23N3O4. The van der Waals surface area contributed by atoms with E-state index in [2.05, 4.69) is 15.8 Å². The second kappa shape index (κ2) is 10.2. The minimum absolute atomic E-state index is 0.274. The summed E-state index contributed by atoms with van der Waals surface area (Å²) in [6.45, 7) is 5.73. The lowest BCUT2D eigenvalue weighted by Crippen LogP contribution is -2.32. The van der Waals surface area contributed by atoms with Gasteiger partial charge in [-0.15, -0.1) is 0 Å². The number of nitrogens with zero attached hydrogens (tertiary/aromatic N) is 1. The van der Waals surface area contributed by atoms with Gasteiger partial charge in [-0.05, 0) is 68.3 Å². The average Bonchev–Trinajstić information content (AvgIpc) is 2.74. The van der Waals surface area contributed by atoms with Crippen LogP contribution >= 0.6 is 0 Å². The van der Waals surface area contributed by atoms with E-state index in [-0.39, 0.29) is 5.75 Å². The SMILES string of the molecule is Cc1ccc(C(=O)Oc2ccccc2/C=N/NC(=O)C(=O)Nc2cc(C)cc(C)c2)cc1. The summed E-state index contributed by atoms with van der Waals surface area (Å²) in [7, 11) is 0. The van der Waals surface area contributed by atoms with Crippen molar-refractivity contribution in [1.82, 2.24) is 5.43 Å². The van der Waals surface area contributed by atoms with E-state index in [1.165, 1.54) is 6.21 Å². The second-order valence-corrected chi connectivity index (χ2v) is 7.32. The molecule has 0 aliphatic rings. The number of aryl methyl sites for hydroxylation is 3. The molecule has 3 rings (SSSR count). The van der Waals surface area contributed by atoms with Gasteiger partial charge in [0.15, 0.2) is 0 Å². The van der Waals surface area contributed by atoms with Gasteiger partial charge >= 0.3 is 17.8 Å². The Balaban J connectivity index is 1.62. The standard InChI is InChI=1S/C25H23N3O4/c1-16-8-10-19(11-9-16)25(31)32-22-7-5-4-6-20(22)15-26-28-24(30)23(29)27-21-13-17(2)12-18(3)14-21/h4-15H,1-3H3,(H,27,29)(H,28,30)/b26-15+. The minimum Gasteiger partial charge on any atom is -0.422 e. The molecule has 2 N–H and O–H groups in total. The summed E-state index contributed by atoms with van der Waals surface area (Å²) in [6, 6.07) is 19.2. The fraction of sp³-hybridized carbons (Fsp3) is 0.120. The molecule has 32 heavy (non-hydrogen) atoms. The zero-order valence-electron chi connectivity index (χ0n) is 18.0. The first-order chi connectivity index (χ1) is 15.3. The van der Waals surface area contributed by atoms with Crippen LogP contribution in [0, 0.1) is 20.8 Å². The third-order valence-electron chi connectivity index (χ3n) is 4.46. The molecular weight excluding hydrogens is 406 g/mol. The number of esters is 1. The fourth-order valence-corrected chi connectivity index (χ4v) is 2.97. The number of benzene rings is 3. The summed E-state index contributed by atoms with van der Waals surface area (Å²) in [6.07, 6.45) is 1.31. The number of ether oxygens (including phenoxy) is 1. The van der Waals surface area contributed by atoms with Gasteiger partial charge in [-0.25, -0.2) is 10.2 Å². The number of amides is 2. The Morgan fingerprint density at radius 2 is 1.47 bits per heavy atom. The molecule has 7 heteroatoms. The molecule has 0 saturated carbocycles. The van der Waals surface area contributed by atoms with Gasteiger partial charge in [-0.1, -0.05) is 35.9 Å². The molecule has 0 heterocycles. The van der Waals surface area contributed by atoms with Crippen molar-refractivity contribution in [3.8, 4) is 5.75 Å². The smallest absolute Gasteiger partial charge is 0.343 e. The quantitative estimate of drug-likeness (QED) is 0.211. The van der Waals surface area contributed by atoms with E-state index in [0.29, 0.717) is 16.8 Å². The van der Waals surface area contributed by atoms with Crippen molar-refractivity contribution < 1.29 is 19.1 Å². The van der Waals surface area contributed by atoms with Crippen LogP contribution in [0.3, 0.4) is 0 Å². The highest BCUT2D eigenvalue weighted by Gasteiger charge is 2.14. The Morgan fingerprint density at radius 3 is 2.16 bits per heavy atom. The number of rotatable bonds is 5. The monoisotopic (exact) mass is 429 g/mol. The Kier molecular flexibility index (Phi) is 7.13. The molecule has 0 radical (unpaired) electrons. The Labute approximate surface area is 186 Å². The number of para-hydroxylation sites is 1. The molecule has 0 bridgehead atoms. The zero-order valence-corrected chi connectivity index (χ0v) is 18.0. The number of hydrogen-bond donors (Lipinski definition) is 2. The molecule has 0 aliphatic heterocycles. The number of carbonyl (C=O) groups excluding carboxylic acids is 3. The predicted octanol–water partition coefficient (Wildman–Crippen LogP) is 3.92. The normalized spacial score (nSPS) is 10.6. The van der Waals surface area contributed by atoms with Crippen molar-refractivity contribution >= 4 is 29.7 Å². The maximum atomic E-state index is 12.4. The molecule has 0 saturated heterocycles. The van der Waals surface area contributed by atoms with Crippen molar-refractivity contribution in [3.05, 3.63) is 94.5 Å². The Hall–Kier alpha value is -4.26. The van der Waals surface area contributed by atoms with Crippen molar-refractivity contribution in [3.63, 3.8) is 0 Å². The van der Waals surface area contributed by atoms with Gasteiger partial charge in [0.2, 0.25) is 0 Å². The lowest BCUT2D eigenvalue weighted by Gasteiger charge is -2.08. The van der Waals surface area contributed by atoms with Gasteiger partial charge in [-0.2, -0.15) is 5.10 Å². The second-order valence-electron chi connectivity index (χ2n) is 7.32. The first kappa shape index (κ1) is 22.4. The molecule has 0 atom stereocenters. The summed E-state index contributed by atoms with van der Waals surface area (Å²) < 4.78 is 5.46. The number of carbonyl (C=O) groups is 3. The summed E-state index contributed by atoms with van der Waals surface area (Å²) >= 11 is 0. The average molecular weight is 429 g/mol. The van der Waals surface area contributed by atoms with Gasteiger partial charge < -0.3 is 10.1 Å². The Morgan fingerprint density at radius 1 is 0.812 bits per heavy atom. The van der Waals surface area contributed by atoms with E-state index in [0.717, 1.165) is 16.7 Å². The summed E-state index contributed by atoms with van der Waals surface area (Å²) in [5, 5.41) is 6.35. The largest absolute Gasteiger partial charge is 0.422 e. The van der Waals surface area contributed by atoms with E-state index in [1.807, 2.05) is 39.0 Å². The van der Waals surface area contributed by atoms with Gasteiger partial charge in [-0.3, -0.25) is 9.59 Å². The van der Waals surface area contributed by atoms with Crippen LogP contribution in [0.15, 0.2) is 71.8 Å². The van der Waals surface area contributed by atoms with E-state index >= 15 is 0 Å². The van der Waals surface area contributed by atoms with E-state index in [1.54, 1.807) is 48.5 Å². The van der Waals surface area contributed by atoms with Crippen LogP contribution in [-0.4, -0.2) is 24.0 Å². The van der Waals surface area contributed by atoms with Crippen molar-refractivity contribution in [2.24, 2.45) is 5.10 Å². The number of hydrazone groups is 1. The first-order valence-electron chi connectivity index (χ1n) is 9.92. The molecule has 2 amide bonds. The fourth-order valence-electron chi connectivity index (χ4n) is 2.97. The molecule has 0 aromatic heterocycles. The molecule has 3 aromatic rings. The number of nitrogens with one attached hydrogen (secondary N) is 2. The summed E-state index contributed by atoms with van der Waals surface area (Å²) in [4.78, 5) is 36.5. The molecule has 3 aromatic carbocycles. The first-order valence-corrected chi connectivity index (χ1v) is 9.92. The molecule has 7 nitrogen and oxygen atoms in total. The van der Waals surface area contributed by atoms with Crippen LogP contribution in [0.2, 0.25) is 0 Å². The van der Waals surface area contributed by atoms with Crippen LogP contribution in [0.1, 0.15) is 32.6 Å². The van der Waals surface area contributed by atoms with Crippen LogP contribution in [0.5, 0.6) is 5.75 Å². The predicted molar refractivity (Wildman–Crippen MR) is 123 cm³/mol. The third-order valence-corrected chi connectivity index (χ3v) is 4.46. The maximum absolute atomic E-state index is 12.4. The van der Waals surface area contributed by atoms with Gasteiger partial charge in [0, 0.05) is 11.3 Å². The molecule has 0 aliphatic carbocycles. The van der Waals surface area contributed by atoms with Crippen LogP contribution in [-0.2, 0) is 9.59 Å². The van der Waals surface area contributed by atoms with Gasteiger partial charge in [0.25, 0.3) is 0 Å². The highest BCUT2D eigenvalue weighted by atomic mass is 16.5. The molecule has 0 spiro atoms. The van der Waals surface area contributed by atoms with Crippen molar-refractivity contribution in [1.29, 1.82) is 0 Å². The van der Waals surface area contributed by atoms with E-state index in [9.17, 15) is 14.4 Å². The summed E-state index contributed by atoms with van der Waals surface area (Å²) in [5.41, 5.74) is 6.55. The highest BCUT2D eigenvalue weighted by molar-refractivity contribution is 6.39. The Bertz CT molecular complexity index is 1160. The minimum atomic E-state index is -0.922. The number of anilines is 1. The third kappa shape index (κ3) is 6.12. The maximum Gasteiger partial charge on any atom is 0.343 e. The van der Waals surface area contributed by atoms with Crippen molar-refractivity contribution in [2.75, 3.05) is 5.32 Å². The lowest BCUT2D eigenvalue weighted by molar-refractivity contribution is -0.136. The lowest BCUT2D eigenvalue weighted by atomic mass is 10.1. The summed E-state index contributed by atoms with van der Waals surface area (Å²) in [5.74, 6) is -2.00. The van der Waals surface area contributed by atoms with Gasteiger partial charge in [0.1, 0.15) is 5.75 Å². The topological polar surface area (TPSA) is 96.9 Å².